The van der Waals surface area contributed by atoms with Crippen molar-refractivity contribution in [3.8, 4) is 0 Å². The van der Waals surface area contributed by atoms with Gasteiger partial charge in [0.25, 0.3) is 0 Å². The molecule has 5 aromatic rings. The van der Waals surface area contributed by atoms with Gasteiger partial charge < -0.3 is 47.0 Å². The van der Waals surface area contributed by atoms with E-state index in [2.05, 4.69) is 70.0 Å². The number of carbonyl (C=O) groups excluding carboxylic acids is 8. The van der Waals surface area contributed by atoms with E-state index in [0.717, 1.165) is 73.2 Å². The van der Waals surface area contributed by atoms with E-state index in [1.165, 1.54) is 87.5 Å². The summed E-state index contributed by atoms with van der Waals surface area (Å²) < 4.78 is 5.12. The van der Waals surface area contributed by atoms with E-state index in [0.29, 0.717) is 12.8 Å². The SMILES string of the molecule is CN[C@H](CC1CCC1)C(C)=O.CN[C@H](CC1CCCC1)C(C)=O.CN[C@H](CC1CCCCC1)C(C)=O.CN[C@H](Cc1cccnc1)C(C)=O.CN[C@H](Cc1ccco1)C(C)=O.CN[C@H](Cc1cccs1)C(C)=O.CN[C@H](Cc1ccncc1)C(C)=O.CN[C@H](Cc1ccsc1)C(C)=O. The van der Waals surface area contributed by atoms with E-state index in [1.807, 2.05) is 88.5 Å². The Balaban J connectivity index is 0.000000560. The first kappa shape index (κ1) is 90.0. The molecule has 0 amide bonds. The first-order valence-corrected chi connectivity index (χ1v) is 37.0. The molecule has 0 radical (unpaired) electrons. The van der Waals surface area contributed by atoms with Gasteiger partial charge in [-0.1, -0.05) is 89.2 Å². The van der Waals surface area contributed by atoms with Crippen LogP contribution in [0.2, 0.25) is 0 Å². The van der Waals surface area contributed by atoms with Crippen LogP contribution in [-0.4, -0.2) is 161 Å². The molecule has 3 saturated carbocycles. The zero-order valence-corrected chi connectivity index (χ0v) is 63.8. The molecule has 0 unspecified atom stereocenters. The highest BCUT2D eigenvalue weighted by Gasteiger charge is 2.25. The summed E-state index contributed by atoms with van der Waals surface area (Å²) in [5.41, 5.74) is 3.44. The number of nitrogens with zero attached hydrogens (tertiary/aromatic N) is 2. The fourth-order valence-corrected chi connectivity index (χ4v) is 13.0. The zero-order chi connectivity index (χ0) is 73.2. The Morgan fingerprint density at radius 2 is 0.776 bits per heavy atom. The summed E-state index contributed by atoms with van der Waals surface area (Å²) in [4.78, 5) is 97.7. The third-order valence-corrected chi connectivity index (χ3v) is 19.8. The summed E-state index contributed by atoms with van der Waals surface area (Å²) in [6.07, 6.45) is 31.6. The van der Waals surface area contributed by atoms with Gasteiger partial charge in [0.05, 0.1) is 54.6 Å². The minimum Gasteiger partial charge on any atom is -0.469 e. The van der Waals surface area contributed by atoms with Gasteiger partial charge in [-0.05, 0) is 243 Å². The van der Waals surface area contributed by atoms with Crippen molar-refractivity contribution in [2.24, 2.45) is 17.8 Å². The number of nitrogens with one attached hydrogen (secondary N) is 8. The smallest absolute Gasteiger partial charge is 0.147 e. The Labute approximate surface area is 596 Å². The Kier molecular flexibility index (Phi) is 50.3. The highest BCUT2D eigenvalue weighted by Crippen LogP contribution is 2.31. The van der Waals surface area contributed by atoms with E-state index < -0.39 is 0 Å². The van der Waals surface area contributed by atoms with Crippen LogP contribution in [0.25, 0.3) is 0 Å². The number of furan rings is 1. The minimum atomic E-state index is -0.129. The maximum absolute atomic E-state index is 11.2. The van der Waals surface area contributed by atoms with Crippen LogP contribution in [0.5, 0.6) is 0 Å². The van der Waals surface area contributed by atoms with Crippen LogP contribution in [0.1, 0.15) is 179 Å². The van der Waals surface area contributed by atoms with Gasteiger partial charge in [0.15, 0.2) is 0 Å². The summed E-state index contributed by atoms with van der Waals surface area (Å²) in [6.45, 7) is 13.0. The minimum absolute atomic E-state index is 0.0244. The maximum atomic E-state index is 11.2. The number of aromatic nitrogens is 2. The van der Waals surface area contributed by atoms with Gasteiger partial charge in [-0.3, -0.25) is 48.3 Å². The van der Waals surface area contributed by atoms with E-state index in [1.54, 1.807) is 130 Å². The molecule has 19 nitrogen and oxygen atoms in total. The summed E-state index contributed by atoms with van der Waals surface area (Å²) in [7, 11) is 14.6. The van der Waals surface area contributed by atoms with E-state index in [4.69, 9.17) is 4.42 Å². The van der Waals surface area contributed by atoms with Crippen LogP contribution in [0.15, 0.2) is 106 Å². The first-order chi connectivity index (χ1) is 46.9. The van der Waals surface area contributed by atoms with Crippen molar-refractivity contribution in [1.29, 1.82) is 0 Å². The van der Waals surface area contributed by atoms with Crippen molar-refractivity contribution in [2.75, 3.05) is 56.4 Å². The number of hydrogen-bond donors (Lipinski definition) is 8. The van der Waals surface area contributed by atoms with Crippen molar-refractivity contribution < 1.29 is 42.8 Å². The first-order valence-electron chi connectivity index (χ1n) is 35.2. The van der Waals surface area contributed by atoms with Crippen molar-refractivity contribution in [3.05, 3.63) is 129 Å². The van der Waals surface area contributed by atoms with E-state index in [9.17, 15) is 38.4 Å². The average molecular weight is 1400 g/mol. The topological polar surface area (TPSA) is 272 Å². The van der Waals surface area contributed by atoms with Crippen molar-refractivity contribution >= 4 is 68.9 Å². The lowest BCUT2D eigenvalue weighted by Crippen LogP contribution is -2.35. The number of likely N-dealkylation sites (N-methyl/N-ethyl adjacent to an activating group) is 8. The molecule has 8 rings (SSSR count). The molecule has 548 valence electrons. The molecule has 3 fully saturated rings. The molecule has 5 heterocycles. The Morgan fingerprint density at radius 1 is 0.388 bits per heavy atom. The standard InChI is InChI=1S/C11H21NO.2C10H14N2O.C10H19NO.C9H13NO2.2C9H13NOS.C9H17NO/c1-9(13)11(12-2)8-10-6-4-3-5-7-10;1-8(13)10(11-2)7-9-3-5-12-6-4-9;1-8(13)10(11-2)6-9-4-3-5-12-7-9;1-8(12)10(11-2)7-9-5-3-4-6-9;1-7(11)9(10-2)6-8-4-3-5-12-8;1-7(11)9(10-2)5-8-3-4-12-6-8;1-7(11)9(10-2)6-8-4-3-5-12-8;1-7(11)9(10-2)6-8-4-3-5-8/h10-12H,3-8H2,1-2H3;3-6,10-11H,7H2,1-2H3;3-5,7,10-11H,6H2,1-2H3;9-11H,3-7H2,1-2H3;3-5,9-10H,6H2,1-2H3;3-4,6,9-10H,5H2,1-2H3;3-5,9-10H,6H2,1-2H3;8-10H,3-6H2,1-2H3/t11-;3*10-;4*9-/m11111111/s1. The summed E-state index contributed by atoms with van der Waals surface area (Å²) in [5.74, 6) is 4.94. The third-order valence-electron chi connectivity index (χ3n) is 18.2. The van der Waals surface area contributed by atoms with Crippen LogP contribution < -0.4 is 42.5 Å². The lowest BCUT2D eigenvalue weighted by Gasteiger charge is -2.28. The Hall–Kier alpha value is -5.98. The molecule has 3 aliphatic rings. The molecule has 0 aromatic carbocycles. The summed E-state index contributed by atoms with van der Waals surface area (Å²) in [5, 5.41) is 30.2. The number of rotatable bonds is 32. The van der Waals surface area contributed by atoms with Gasteiger partial charge in [-0.2, -0.15) is 11.3 Å². The van der Waals surface area contributed by atoms with Crippen LogP contribution in [-0.2, 0) is 70.5 Å². The molecule has 98 heavy (non-hydrogen) atoms. The second kappa shape index (κ2) is 54.8. The van der Waals surface area contributed by atoms with Gasteiger partial charge in [0.1, 0.15) is 52.0 Å². The maximum Gasteiger partial charge on any atom is 0.147 e. The Morgan fingerprint density at radius 3 is 1.10 bits per heavy atom. The van der Waals surface area contributed by atoms with Gasteiger partial charge >= 0.3 is 0 Å². The zero-order valence-electron chi connectivity index (χ0n) is 62.2. The summed E-state index contributed by atoms with van der Waals surface area (Å²) >= 11 is 3.36. The monoisotopic (exact) mass is 1400 g/mol. The van der Waals surface area contributed by atoms with Crippen molar-refractivity contribution in [3.63, 3.8) is 0 Å². The van der Waals surface area contributed by atoms with Gasteiger partial charge in [0.2, 0.25) is 0 Å². The highest BCUT2D eigenvalue weighted by atomic mass is 32.1. The normalized spacial score (nSPS) is 15.8. The highest BCUT2D eigenvalue weighted by molar-refractivity contribution is 7.09. The Bertz CT molecular complexity index is 2700. The molecule has 0 aliphatic heterocycles. The van der Waals surface area contributed by atoms with Gasteiger partial charge in [0, 0.05) is 42.5 Å². The van der Waals surface area contributed by atoms with Gasteiger partial charge in [-0.15, -0.1) is 11.3 Å². The lowest BCUT2D eigenvalue weighted by molar-refractivity contribution is -0.120. The predicted molar refractivity (Wildman–Crippen MR) is 402 cm³/mol. The predicted octanol–water partition coefficient (Wildman–Crippen LogP) is 10.8. The lowest BCUT2D eigenvalue weighted by atomic mass is 9.80. The number of hydrogen-bond acceptors (Lipinski definition) is 21. The molecule has 8 atom stereocenters. The molecule has 5 aromatic heterocycles. The van der Waals surface area contributed by atoms with Gasteiger partial charge in [-0.25, -0.2) is 0 Å². The molecule has 3 aliphatic carbocycles. The fraction of sp³-hybridized carbons (Fsp3) is 0.610. The molecule has 0 saturated heterocycles. The second-order valence-corrected chi connectivity index (χ2v) is 27.6. The third kappa shape index (κ3) is 40.9. The molecule has 8 N–H and O–H groups in total. The molecule has 0 bridgehead atoms. The molecular formula is C77H124N10O9S2. The molecular weight excluding hydrogens is 1270 g/mol. The average Bonchev–Trinajstić information content (AvgIpc) is 1.78. The van der Waals surface area contributed by atoms with Crippen LogP contribution in [0, 0.1) is 17.8 Å². The number of ketones is 8. The van der Waals surface area contributed by atoms with Crippen molar-refractivity contribution in [1.82, 2.24) is 52.5 Å². The van der Waals surface area contributed by atoms with Crippen molar-refractivity contribution in [2.45, 2.75) is 232 Å². The number of Topliss-reactive ketones (excluding diaryl/α,β-unsaturated/α-hetero) is 8. The molecule has 0 spiro atoms. The summed E-state index contributed by atoms with van der Waals surface area (Å²) in [6, 6.07) is 17.5. The van der Waals surface area contributed by atoms with E-state index in [-0.39, 0.29) is 94.6 Å². The van der Waals surface area contributed by atoms with E-state index >= 15 is 0 Å². The van der Waals surface area contributed by atoms with Crippen LogP contribution in [0.4, 0.5) is 0 Å². The number of thiophene rings is 2. The van der Waals surface area contributed by atoms with Crippen LogP contribution in [0.3, 0.4) is 0 Å². The second-order valence-electron chi connectivity index (χ2n) is 25.8. The largest absolute Gasteiger partial charge is 0.469 e. The number of carbonyl (C=O) groups is 8. The van der Waals surface area contributed by atoms with Crippen LogP contribution >= 0.6 is 22.7 Å². The number of pyridine rings is 2. The quantitative estimate of drug-likeness (QED) is 0.0199. The molecule has 21 heteroatoms. The fourth-order valence-electron chi connectivity index (χ4n) is 11.5.